The van der Waals surface area contributed by atoms with Crippen LogP contribution in [-0.4, -0.2) is 30.0 Å². The van der Waals surface area contributed by atoms with Crippen molar-refractivity contribution in [1.29, 1.82) is 0 Å². The number of nitrogens with zero attached hydrogens (tertiary/aromatic N) is 1. The molecule has 1 aromatic carbocycles. The van der Waals surface area contributed by atoms with Crippen molar-refractivity contribution < 1.29 is 9.53 Å². The number of carbonyl (C=O) groups is 1. The molecule has 0 saturated heterocycles. The lowest BCUT2D eigenvalue weighted by Crippen LogP contribution is -2.41. The van der Waals surface area contributed by atoms with Crippen molar-refractivity contribution in [2.45, 2.75) is 52.0 Å². The molecule has 1 aliphatic rings. The standard InChI is InChI=1S/C41H27NO2S/c1-3-5-6-7-8-9-10-11-12-13-14-15-16-17-18-19-20-21-22-28-41(43)44-40-27-23-25-36-35-37(29-30-39(36)40)42(32-4-2)33-31-38-26-24-34-45-38/h23-27,34,37H,4,29-33,35H2,1-2H3/t37-/m0/s1. The predicted molar refractivity (Wildman–Crippen MR) is 181 cm³/mol. The molecular weight excluding hydrogens is 571 g/mol. The summed E-state index contributed by atoms with van der Waals surface area (Å²) in [5, 5.41) is 2.14. The second-order valence-electron chi connectivity index (χ2n) is 9.17. The Bertz CT molecular complexity index is 2020. The average molecular weight is 598 g/mol. The lowest BCUT2D eigenvalue weighted by atomic mass is 9.86. The number of hydrogen-bond donors (Lipinski definition) is 0. The van der Waals surface area contributed by atoms with Gasteiger partial charge in [-0.2, -0.15) is 0 Å². The summed E-state index contributed by atoms with van der Waals surface area (Å²) < 4.78 is 5.59. The minimum absolute atomic E-state index is 0.480. The minimum atomic E-state index is -0.653. The smallest absolute Gasteiger partial charge is 0.390 e. The molecule has 1 aliphatic carbocycles. The topological polar surface area (TPSA) is 29.5 Å². The van der Waals surface area contributed by atoms with Gasteiger partial charge in [-0.3, -0.25) is 4.90 Å². The van der Waals surface area contributed by atoms with Crippen LogP contribution in [0.3, 0.4) is 0 Å². The zero-order valence-corrected chi connectivity index (χ0v) is 26.0. The molecule has 0 bridgehead atoms. The van der Waals surface area contributed by atoms with Gasteiger partial charge in [0.1, 0.15) is 5.75 Å². The quantitative estimate of drug-likeness (QED) is 0.204. The molecule has 3 nitrogen and oxygen atoms in total. The molecule has 0 spiro atoms. The molecule has 0 amide bonds. The Morgan fingerprint density at radius 3 is 1.96 bits per heavy atom. The van der Waals surface area contributed by atoms with Gasteiger partial charge in [0.2, 0.25) is 0 Å². The van der Waals surface area contributed by atoms with Gasteiger partial charge in [0.25, 0.3) is 0 Å². The van der Waals surface area contributed by atoms with E-state index in [9.17, 15) is 4.79 Å². The highest BCUT2D eigenvalue weighted by Crippen LogP contribution is 2.32. The molecule has 0 fully saturated rings. The number of hydrogen-bond acceptors (Lipinski definition) is 4. The van der Waals surface area contributed by atoms with Crippen molar-refractivity contribution in [3.63, 3.8) is 0 Å². The highest BCUT2D eigenvalue weighted by Gasteiger charge is 2.26. The number of esters is 1. The Labute approximate surface area is 271 Å². The summed E-state index contributed by atoms with van der Waals surface area (Å²) in [6.45, 7) is 6.06. The molecule has 1 aromatic heterocycles. The van der Waals surface area contributed by atoms with Crippen LogP contribution in [0.5, 0.6) is 5.75 Å². The Balaban J connectivity index is 1.48. The normalized spacial score (nSPS) is 11.0. The van der Waals surface area contributed by atoms with Gasteiger partial charge in [0, 0.05) is 35.2 Å². The lowest BCUT2D eigenvalue weighted by Gasteiger charge is -2.35. The van der Waals surface area contributed by atoms with E-state index in [-0.39, 0.29) is 0 Å². The maximum Gasteiger partial charge on any atom is 0.390 e. The fourth-order valence-corrected chi connectivity index (χ4v) is 5.10. The first-order valence-electron chi connectivity index (χ1n) is 14.2. The first-order valence-corrected chi connectivity index (χ1v) is 15.1. The molecule has 0 radical (unpaired) electrons. The fourth-order valence-electron chi connectivity index (χ4n) is 4.40. The molecule has 214 valence electrons. The molecule has 0 N–H and O–H groups in total. The average Bonchev–Trinajstić information content (AvgIpc) is 3.58. The summed E-state index contributed by atoms with van der Waals surface area (Å²) >= 11 is 1.82. The summed E-state index contributed by atoms with van der Waals surface area (Å²) in [6.07, 6.45) is 5.03. The van der Waals surface area contributed by atoms with Gasteiger partial charge >= 0.3 is 5.97 Å². The van der Waals surface area contributed by atoms with Crippen molar-refractivity contribution in [3.8, 4) is 124 Å². The van der Waals surface area contributed by atoms with E-state index in [0.29, 0.717) is 11.8 Å². The van der Waals surface area contributed by atoms with E-state index in [4.69, 9.17) is 4.74 Å². The first-order chi connectivity index (χ1) is 22.2. The maximum absolute atomic E-state index is 12.4. The van der Waals surface area contributed by atoms with E-state index in [2.05, 4.69) is 154 Å². The van der Waals surface area contributed by atoms with E-state index in [1.807, 2.05) is 23.5 Å². The first kappa shape index (κ1) is 33.5. The van der Waals surface area contributed by atoms with E-state index in [1.165, 1.54) is 10.4 Å². The van der Waals surface area contributed by atoms with E-state index < -0.39 is 5.97 Å². The second kappa shape index (κ2) is 20.8. The van der Waals surface area contributed by atoms with Crippen molar-refractivity contribution in [2.24, 2.45) is 0 Å². The second-order valence-corrected chi connectivity index (χ2v) is 10.2. The molecular formula is C41H27NO2S. The Kier molecular flexibility index (Phi) is 15.4. The lowest BCUT2D eigenvalue weighted by molar-refractivity contribution is -0.128. The SMILES string of the molecule is CC#CC#CC#CC#CC#CC#CC#CC#CC#CC#CC(=O)Oc1cccc2c1CC[C@H](N(CCC)CCc1cccs1)C2. The van der Waals surface area contributed by atoms with Crippen molar-refractivity contribution in [1.82, 2.24) is 4.90 Å². The zero-order chi connectivity index (χ0) is 31.8. The Morgan fingerprint density at radius 2 is 1.40 bits per heavy atom. The van der Waals surface area contributed by atoms with E-state index in [1.54, 1.807) is 6.92 Å². The summed E-state index contributed by atoms with van der Waals surface area (Å²) in [6, 6.07) is 10.7. The summed E-state index contributed by atoms with van der Waals surface area (Å²) in [7, 11) is 0. The number of ether oxygens (including phenoxy) is 1. The van der Waals surface area contributed by atoms with Gasteiger partial charge in [0.15, 0.2) is 0 Å². The molecule has 0 saturated carbocycles. The summed E-state index contributed by atoms with van der Waals surface area (Å²) in [5.41, 5.74) is 2.32. The molecule has 1 heterocycles. The van der Waals surface area contributed by atoms with Crippen LogP contribution in [-0.2, 0) is 24.1 Å². The van der Waals surface area contributed by atoms with Crippen LogP contribution in [0, 0.1) is 118 Å². The van der Waals surface area contributed by atoms with Crippen molar-refractivity contribution in [2.75, 3.05) is 13.1 Å². The van der Waals surface area contributed by atoms with Gasteiger partial charge in [-0.05, 0) is 169 Å². The van der Waals surface area contributed by atoms with E-state index >= 15 is 0 Å². The summed E-state index contributed by atoms with van der Waals surface area (Å²) in [5.74, 6) is 50.4. The van der Waals surface area contributed by atoms with Crippen molar-refractivity contribution >= 4 is 17.3 Å². The Hall–Kier alpha value is -6.05. The van der Waals surface area contributed by atoms with Crippen molar-refractivity contribution in [3.05, 3.63) is 51.7 Å². The van der Waals surface area contributed by atoms with Gasteiger partial charge in [-0.25, -0.2) is 4.79 Å². The Morgan fingerprint density at radius 1 is 0.800 bits per heavy atom. The molecule has 2 aromatic rings. The highest BCUT2D eigenvalue weighted by molar-refractivity contribution is 7.09. The molecule has 0 unspecified atom stereocenters. The van der Waals surface area contributed by atoms with Crippen LogP contribution in [0.4, 0.5) is 0 Å². The number of thiophene rings is 1. The largest absolute Gasteiger partial charge is 0.417 e. The molecule has 0 aliphatic heterocycles. The van der Waals surface area contributed by atoms with Crippen LogP contribution in [0.1, 0.15) is 42.7 Å². The van der Waals surface area contributed by atoms with Gasteiger partial charge in [-0.15, -0.1) is 11.3 Å². The van der Waals surface area contributed by atoms with Crippen LogP contribution in [0.25, 0.3) is 0 Å². The third-order valence-corrected chi connectivity index (χ3v) is 7.16. The van der Waals surface area contributed by atoms with Gasteiger partial charge < -0.3 is 4.74 Å². The number of benzene rings is 1. The van der Waals surface area contributed by atoms with Crippen LogP contribution >= 0.6 is 11.3 Å². The third kappa shape index (κ3) is 13.2. The fraction of sp³-hybridized carbons (Fsp3) is 0.244. The molecule has 1 atom stereocenters. The molecule has 4 heteroatoms. The minimum Gasteiger partial charge on any atom is -0.417 e. The van der Waals surface area contributed by atoms with Crippen LogP contribution in [0.15, 0.2) is 35.7 Å². The molecule has 3 rings (SSSR count). The predicted octanol–water partition coefficient (Wildman–Crippen LogP) is 4.52. The number of carbonyl (C=O) groups excluding carboxylic acids is 1. The monoisotopic (exact) mass is 597 g/mol. The van der Waals surface area contributed by atoms with Crippen LogP contribution in [0.2, 0.25) is 0 Å². The highest BCUT2D eigenvalue weighted by atomic mass is 32.1. The van der Waals surface area contributed by atoms with E-state index in [0.717, 1.165) is 50.8 Å². The van der Waals surface area contributed by atoms with Crippen LogP contribution < -0.4 is 4.74 Å². The van der Waals surface area contributed by atoms with Gasteiger partial charge in [0.05, 0.1) is 0 Å². The number of fused-ring (bicyclic) bond motifs is 1. The number of rotatable bonds is 7. The zero-order valence-electron chi connectivity index (χ0n) is 25.2. The maximum atomic E-state index is 12.4. The molecule has 45 heavy (non-hydrogen) atoms. The summed E-state index contributed by atoms with van der Waals surface area (Å²) in [4.78, 5) is 16.4. The van der Waals surface area contributed by atoms with Gasteiger partial charge in [-0.1, -0.05) is 31.0 Å². The third-order valence-electron chi connectivity index (χ3n) is 6.22.